The lowest BCUT2D eigenvalue weighted by Gasteiger charge is -1.99. The molecule has 0 bridgehead atoms. The molecule has 0 spiro atoms. The summed E-state index contributed by atoms with van der Waals surface area (Å²) < 4.78 is 0. The Morgan fingerprint density at radius 1 is 1.50 bits per heavy atom. The molecule has 1 N–H and O–H groups in total. The zero-order chi connectivity index (χ0) is 8.55. The molecule has 0 aliphatic carbocycles. The molecular formula is C8H8N2O2. The van der Waals surface area contributed by atoms with Crippen molar-refractivity contribution < 1.29 is 4.92 Å². The van der Waals surface area contributed by atoms with Gasteiger partial charge in [-0.1, -0.05) is 12.1 Å². The number of benzene rings is 1. The molecule has 12 heavy (non-hydrogen) atoms. The minimum Gasteiger partial charge on any atom is -0.379 e. The van der Waals surface area contributed by atoms with Crippen molar-refractivity contribution in [2.75, 3.05) is 11.9 Å². The molecule has 1 aliphatic heterocycles. The summed E-state index contributed by atoms with van der Waals surface area (Å²) in [5, 5.41) is 13.5. The Hall–Kier alpha value is -1.58. The van der Waals surface area contributed by atoms with Crippen LogP contribution >= 0.6 is 0 Å². The molecule has 62 valence electrons. The SMILES string of the molecule is O=[N+]([O-])c1cccc2c1NCC2. The van der Waals surface area contributed by atoms with Crippen LogP contribution < -0.4 is 5.32 Å². The quantitative estimate of drug-likeness (QED) is 0.506. The molecule has 0 radical (unpaired) electrons. The van der Waals surface area contributed by atoms with E-state index in [1.165, 1.54) is 6.07 Å². The highest BCUT2D eigenvalue weighted by Gasteiger charge is 2.20. The lowest BCUT2D eigenvalue weighted by Crippen LogP contribution is -1.96. The van der Waals surface area contributed by atoms with Crippen LogP contribution in [0.3, 0.4) is 0 Å². The molecular weight excluding hydrogens is 156 g/mol. The molecule has 0 saturated carbocycles. The predicted molar refractivity (Wildman–Crippen MR) is 45.3 cm³/mol. The van der Waals surface area contributed by atoms with Gasteiger partial charge in [-0.2, -0.15) is 0 Å². The van der Waals surface area contributed by atoms with Crippen molar-refractivity contribution in [3.05, 3.63) is 33.9 Å². The standard InChI is InChI=1S/C8H8N2O2/c11-10(12)7-3-1-2-6-4-5-9-8(6)7/h1-3,9H,4-5H2. The number of fused-ring (bicyclic) bond motifs is 1. The lowest BCUT2D eigenvalue weighted by atomic mass is 10.1. The largest absolute Gasteiger partial charge is 0.379 e. The van der Waals surface area contributed by atoms with Gasteiger partial charge in [-0.25, -0.2) is 0 Å². The Labute approximate surface area is 69.4 Å². The maximum Gasteiger partial charge on any atom is 0.292 e. The summed E-state index contributed by atoms with van der Waals surface area (Å²) in [5.41, 5.74) is 1.93. The number of nitro benzene ring substituents is 1. The minimum atomic E-state index is -0.350. The molecule has 0 amide bonds. The molecule has 2 rings (SSSR count). The maximum absolute atomic E-state index is 10.5. The molecule has 0 fully saturated rings. The summed E-state index contributed by atoms with van der Waals surface area (Å²) in [6.45, 7) is 0.806. The average Bonchev–Trinajstić information content (AvgIpc) is 2.49. The molecule has 1 aromatic carbocycles. The number of anilines is 1. The third kappa shape index (κ3) is 0.922. The number of nitrogens with one attached hydrogen (secondary N) is 1. The second kappa shape index (κ2) is 2.48. The summed E-state index contributed by atoms with van der Waals surface area (Å²) in [6, 6.07) is 5.17. The van der Waals surface area contributed by atoms with Gasteiger partial charge < -0.3 is 5.32 Å². The van der Waals surface area contributed by atoms with Gasteiger partial charge in [0.25, 0.3) is 5.69 Å². The molecule has 4 nitrogen and oxygen atoms in total. The molecule has 1 aromatic rings. The van der Waals surface area contributed by atoms with E-state index in [4.69, 9.17) is 0 Å². The highest BCUT2D eigenvalue weighted by Crippen LogP contribution is 2.31. The fourth-order valence-electron chi connectivity index (χ4n) is 1.47. The van der Waals surface area contributed by atoms with Crippen LogP contribution in [-0.2, 0) is 6.42 Å². The maximum atomic E-state index is 10.5. The first kappa shape index (κ1) is 7.09. The third-order valence-corrected chi connectivity index (χ3v) is 2.02. The van der Waals surface area contributed by atoms with E-state index in [1.807, 2.05) is 6.07 Å². The first-order valence-corrected chi connectivity index (χ1v) is 3.79. The summed E-state index contributed by atoms with van der Waals surface area (Å²) in [4.78, 5) is 10.2. The fourth-order valence-corrected chi connectivity index (χ4v) is 1.47. The van der Waals surface area contributed by atoms with E-state index in [0.29, 0.717) is 5.69 Å². The van der Waals surface area contributed by atoms with E-state index in [-0.39, 0.29) is 10.6 Å². The lowest BCUT2D eigenvalue weighted by molar-refractivity contribution is -0.383. The molecule has 1 aliphatic rings. The second-order valence-electron chi connectivity index (χ2n) is 2.75. The third-order valence-electron chi connectivity index (χ3n) is 2.02. The zero-order valence-corrected chi connectivity index (χ0v) is 6.41. The molecule has 0 aromatic heterocycles. The van der Waals surface area contributed by atoms with Crippen molar-refractivity contribution in [1.29, 1.82) is 0 Å². The monoisotopic (exact) mass is 164 g/mol. The average molecular weight is 164 g/mol. The Balaban J connectivity index is 2.56. The number of nitro groups is 1. The smallest absolute Gasteiger partial charge is 0.292 e. The minimum absolute atomic E-state index is 0.185. The highest BCUT2D eigenvalue weighted by atomic mass is 16.6. The van der Waals surface area contributed by atoms with Gasteiger partial charge in [-0.05, 0) is 12.0 Å². The number of nitrogens with zero attached hydrogens (tertiary/aromatic N) is 1. The molecule has 4 heteroatoms. The Bertz CT molecular complexity index is 336. The van der Waals surface area contributed by atoms with Crippen molar-refractivity contribution in [3.8, 4) is 0 Å². The second-order valence-corrected chi connectivity index (χ2v) is 2.75. The topological polar surface area (TPSA) is 55.2 Å². The summed E-state index contributed by atoms with van der Waals surface area (Å²) >= 11 is 0. The predicted octanol–water partition coefficient (Wildman–Crippen LogP) is 1.56. The van der Waals surface area contributed by atoms with Crippen molar-refractivity contribution >= 4 is 11.4 Å². The van der Waals surface area contributed by atoms with Gasteiger partial charge in [-0.3, -0.25) is 10.1 Å². The number of hydrogen-bond acceptors (Lipinski definition) is 3. The summed E-state index contributed by atoms with van der Waals surface area (Å²) in [7, 11) is 0. The van der Waals surface area contributed by atoms with Crippen LogP contribution in [0.4, 0.5) is 11.4 Å². The number of rotatable bonds is 1. The van der Waals surface area contributed by atoms with Crippen LogP contribution in [0.15, 0.2) is 18.2 Å². The van der Waals surface area contributed by atoms with E-state index in [0.717, 1.165) is 18.5 Å². The van der Waals surface area contributed by atoms with Gasteiger partial charge >= 0.3 is 0 Å². The van der Waals surface area contributed by atoms with Gasteiger partial charge in [0.15, 0.2) is 0 Å². The Morgan fingerprint density at radius 2 is 2.33 bits per heavy atom. The van der Waals surface area contributed by atoms with Crippen LogP contribution in [0.2, 0.25) is 0 Å². The number of hydrogen-bond donors (Lipinski definition) is 1. The first-order chi connectivity index (χ1) is 5.79. The molecule has 1 heterocycles. The molecule has 0 atom stereocenters. The Morgan fingerprint density at radius 3 is 3.08 bits per heavy atom. The van der Waals surface area contributed by atoms with E-state index >= 15 is 0 Å². The van der Waals surface area contributed by atoms with Crippen LogP contribution in [0.25, 0.3) is 0 Å². The molecule has 0 saturated heterocycles. The molecule has 0 unspecified atom stereocenters. The van der Waals surface area contributed by atoms with Crippen LogP contribution in [0.5, 0.6) is 0 Å². The Kier molecular flexibility index (Phi) is 1.46. The first-order valence-electron chi connectivity index (χ1n) is 3.79. The normalized spacial score (nSPS) is 13.7. The van der Waals surface area contributed by atoms with Crippen LogP contribution in [0.1, 0.15) is 5.56 Å². The van der Waals surface area contributed by atoms with Crippen molar-refractivity contribution in [3.63, 3.8) is 0 Å². The fraction of sp³-hybridized carbons (Fsp3) is 0.250. The van der Waals surface area contributed by atoms with E-state index in [1.54, 1.807) is 6.07 Å². The van der Waals surface area contributed by atoms with Gasteiger partial charge in [0, 0.05) is 12.6 Å². The highest BCUT2D eigenvalue weighted by molar-refractivity contribution is 5.68. The van der Waals surface area contributed by atoms with Crippen molar-refractivity contribution in [2.45, 2.75) is 6.42 Å². The summed E-state index contributed by atoms with van der Waals surface area (Å²) in [6.07, 6.45) is 0.886. The van der Waals surface area contributed by atoms with Gasteiger partial charge in [0.1, 0.15) is 5.69 Å². The zero-order valence-electron chi connectivity index (χ0n) is 6.41. The van der Waals surface area contributed by atoms with Gasteiger partial charge in [-0.15, -0.1) is 0 Å². The number of para-hydroxylation sites is 1. The van der Waals surface area contributed by atoms with Gasteiger partial charge in [0.05, 0.1) is 4.92 Å². The van der Waals surface area contributed by atoms with Crippen molar-refractivity contribution in [2.24, 2.45) is 0 Å². The van der Waals surface area contributed by atoms with E-state index in [2.05, 4.69) is 5.32 Å². The summed E-state index contributed by atoms with van der Waals surface area (Å²) in [5.74, 6) is 0. The van der Waals surface area contributed by atoms with Crippen LogP contribution in [-0.4, -0.2) is 11.5 Å². The van der Waals surface area contributed by atoms with E-state index in [9.17, 15) is 10.1 Å². The van der Waals surface area contributed by atoms with Crippen molar-refractivity contribution in [1.82, 2.24) is 0 Å². The van der Waals surface area contributed by atoms with Crippen LogP contribution in [0, 0.1) is 10.1 Å². The van der Waals surface area contributed by atoms with Gasteiger partial charge in [0.2, 0.25) is 0 Å². The van der Waals surface area contributed by atoms with E-state index < -0.39 is 0 Å².